The third-order valence-electron chi connectivity index (χ3n) is 2.42. The molecule has 0 radical (unpaired) electrons. The van der Waals surface area contributed by atoms with E-state index in [1.165, 1.54) is 0 Å². The normalized spacial score (nSPS) is 12.1. The average Bonchev–Trinajstić information content (AvgIpc) is 2.30. The zero-order chi connectivity index (χ0) is 11.8. The molecule has 0 aliphatic rings. The Bertz CT molecular complexity index is 308. The first kappa shape index (κ1) is 12.7. The molecule has 1 N–H and O–H groups in total. The minimum Gasteiger partial charge on any atom is -0.481 e. The molecule has 16 heavy (non-hydrogen) atoms. The maximum atomic E-state index is 9.76. The van der Waals surface area contributed by atoms with E-state index in [0.29, 0.717) is 12.3 Å². The summed E-state index contributed by atoms with van der Waals surface area (Å²) in [6.07, 6.45) is 6.71. The monoisotopic (exact) mass is 221 g/mol. The van der Waals surface area contributed by atoms with Crippen LogP contribution in [0.1, 0.15) is 24.8 Å². The van der Waals surface area contributed by atoms with Crippen molar-refractivity contribution in [2.24, 2.45) is 0 Å². The van der Waals surface area contributed by atoms with Crippen LogP contribution < -0.4 is 4.74 Å². The van der Waals surface area contributed by atoms with Gasteiger partial charge in [0.1, 0.15) is 0 Å². The molecule has 88 valence electrons. The Labute approximate surface area is 96.8 Å². The summed E-state index contributed by atoms with van der Waals surface area (Å²) in [5.74, 6) is 0.602. The summed E-state index contributed by atoms with van der Waals surface area (Å²) in [7, 11) is 1.59. The molecule has 3 heteroatoms. The molecule has 1 heterocycles. The first-order valence-electron chi connectivity index (χ1n) is 5.54. The SMILES string of the molecule is C=CCCCC(O)Cc1ccc(OC)nc1. The van der Waals surface area contributed by atoms with E-state index in [2.05, 4.69) is 11.6 Å². The number of unbranched alkanes of at least 4 members (excludes halogenated alkanes) is 1. The number of rotatable bonds is 7. The molecule has 1 atom stereocenters. The number of hydrogen-bond acceptors (Lipinski definition) is 3. The molecule has 1 aromatic rings. The summed E-state index contributed by atoms with van der Waals surface area (Å²) in [5.41, 5.74) is 1.03. The van der Waals surface area contributed by atoms with Crippen molar-refractivity contribution in [2.45, 2.75) is 31.8 Å². The van der Waals surface area contributed by atoms with Gasteiger partial charge in [-0.1, -0.05) is 12.1 Å². The van der Waals surface area contributed by atoms with Crippen LogP contribution in [0.25, 0.3) is 0 Å². The summed E-state index contributed by atoms with van der Waals surface area (Å²) in [5, 5.41) is 9.76. The van der Waals surface area contributed by atoms with Gasteiger partial charge >= 0.3 is 0 Å². The largest absolute Gasteiger partial charge is 0.481 e. The molecule has 0 bridgehead atoms. The second-order valence-corrected chi connectivity index (χ2v) is 3.79. The second-order valence-electron chi connectivity index (χ2n) is 3.79. The molecule has 0 aromatic carbocycles. The maximum absolute atomic E-state index is 9.76. The van der Waals surface area contributed by atoms with E-state index in [9.17, 15) is 5.11 Å². The van der Waals surface area contributed by atoms with Crippen molar-refractivity contribution in [3.05, 3.63) is 36.5 Å². The quantitative estimate of drug-likeness (QED) is 0.567. The van der Waals surface area contributed by atoms with Gasteiger partial charge in [-0.05, 0) is 31.2 Å². The molecule has 0 saturated heterocycles. The van der Waals surface area contributed by atoms with Gasteiger partial charge in [-0.2, -0.15) is 0 Å². The van der Waals surface area contributed by atoms with E-state index in [4.69, 9.17) is 4.74 Å². The van der Waals surface area contributed by atoms with Crippen LogP contribution in [0.2, 0.25) is 0 Å². The number of hydrogen-bond donors (Lipinski definition) is 1. The van der Waals surface area contributed by atoms with Gasteiger partial charge in [0.05, 0.1) is 13.2 Å². The number of aliphatic hydroxyl groups is 1. The number of aromatic nitrogens is 1. The second kappa shape index (κ2) is 7.01. The minimum atomic E-state index is -0.296. The van der Waals surface area contributed by atoms with E-state index in [-0.39, 0.29) is 6.10 Å². The smallest absolute Gasteiger partial charge is 0.212 e. The molecule has 0 aliphatic heterocycles. The van der Waals surface area contributed by atoms with E-state index >= 15 is 0 Å². The number of allylic oxidation sites excluding steroid dienone is 1. The van der Waals surface area contributed by atoms with Crippen LogP contribution in [0.5, 0.6) is 5.88 Å². The van der Waals surface area contributed by atoms with Crippen LogP contribution >= 0.6 is 0 Å². The molecule has 0 amide bonds. The van der Waals surface area contributed by atoms with Gasteiger partial charge in [0, 0.05) is 12.3 Å². The maximum Gasteiger partial charge on any atom is 0.212 e. The highest BCUT2D eigenvalue weighted by molar-refractivity contribution is 5.18. The lowest BCUT2D eigenvalue weighted by atomic mass is 10.0. The summed E-state index contributed by atoms with van der Waals surface area (Å²) >= 11 is 0. The Morgan fingerprint density at radius 2 is 2.38 bits per heavy atom. The molecule has 1 aromatic heterocycles. The van der Waals surface area contributed by atoms with Crippen molar-refractivity contribution in [3.8, 4) is 5.88 Å². The molecule has 3 nitrogen and oxygen atoms in total. The Hall–Kier alpha value is -1.35. The lowest BCUT2D eigenvalue weighted by Gasteiger charge is -2.09. The van der Waals surface area contributed by atoms with Crippen molar-refractivity contribution in [2.75, 3.05) is 7.11 Å². The topological polar surface area (TPSA) is 42.4 Å². The van der Waals surface area contributed by atoms with Gasteiger partial charge in [-0.3, -0.25) is 0 Å². The van der Waals surface area contributed by atoms with E-state index in [1.54, 1.807) is 13.3 Å². The van der Waals surface area contributed by atoms with Crippen LogP contribution in [0.15, 0.2) is 31.0 Å². The number of nitrogens with zero attached hydrogens (tertiary/aromatic N) is 1. The van der Waals surface area contributed by atoms with Gasteiger partial charge in [0.25, 0.3) is 0 Å². The number of ether oxygens (including phenoxy) is 1. The van der Waals surface area contributed by atoms with Gasteiger partial charge in [-0.25, -0.2) is 4.98 Å². The Morgan fingerprint density at radius 3 is 2.94 bits per heavy atom. The van der Waals surface area contributed by atoms with Crippen molar-refractivity contribution < 1.29 is 9.84 Å². The van der Waals surface area contributed by atoms with Crippen molar-refractivity contribution in [1.82, 2.24) is 4.98 Å². The zero-order valence-corrected chi connectivity index (χ0v) is 9.72. The summed E-state index contributed by atoms with van der Waals surface area (Å²) in [6, 6.07) is 3.74. The third kappa shape index (κ3) is 4.45. The van der Waals surface area contributed by atoms with Crippen molar-refractivity contribution >= 4 is 0 Å². The Balaban J connectivity index is 2.37. The molecule has 1 unspecified atom stereocenters. The van der Waals surface area contributed by atoms with Crippen LogP contribution in [-0.4, -0.2) is 23.3 Å². The van der Waals surface area contributed by atoms with Gasteiger partial charge < -0.3 is 9.84 Å². The molecule has 0 saturated carbocycles. The van der Waals surface area contributed by atoms with Gasteiger partial charge in [0.15, 0.2) is 0 Å². The Kier molecular flexibility index (Phi) is 5.57. The van der Waals surface area contributed by atoms with E-state index < -0.39 is 0 Å². The first-order valence-corrected chi connectivity index (χ1v) is 5.54. The zero-order valence-electron chi connectivity index (χ0n) is 9.72. The fourth-order valence-electron chi connectivity index (χ4n) is 1.52. The van der Waals surface area contributed by atoms with Crippen LogP contribution in [0, 0.1) is 0 Å². The standard InChI is InChI=1S/C13H19NO2/c1-3-4-5-6-12(15)9-11-7-8-13(16-2)14-10-11/h3,7-8,10,12,15H,1,4-6,9H2,2H3. The lowest BCUT2D eigenvalue weighted by molar-refractivity contribution is 0.162. The Morgan fingerprint density at radius 1 is 1.56 bits per heavy atom. The first-order chi connectivity index (χ1) is 7.76. The van der Waals surface area contributed by atoms with Crippen LogP contribution in [0.4, 0.5) is 0 Å². The van der Waals surface area contributed by atoms with Crippen LogP contribution in [-0.2, 0) is 6.42 Å². The average molecular weight is 221 g/mol. The van der Waals surface area contributed by atoms with Crippen molar-refractivity contribution in [1.29, 1.82) is 0 Å². The van der Waals surface area contributed by atoms with Crippen molar-refractivity contribution in [3.63, 3.8) is 0 Å². The van der Waals surface area contributed by atoms with Gasteiger partial charge in [-0.15, -0.1) is 6.58 Å². The highest BCUT2D eigenvalue weighted by atomic mass is 16.5. The molecule has 0 spiro atoms. The molecular formula is C13H19NO2. The predicted molar refractivity (Wildman–Crippen MR) is 64.5 cm³/mol. The number of pyridine rings is 1. The van der Waals surface area contributed by atoms with E-state index in [0.717, 1.165) is 24.8 Å². The summed E-state index contributed by atoms with van der Waals surface area (Å²) < 4.78 is 4.97. The predicted octanol–water partition coefficient (Wildman–Crippen LogP) is 2.35. The third-order valence-corrected chi connectivity index (χ3v) is 2.42. The summed E-state index contributed by atoms with van der Waals surface area (Å²) in [4.78, 5) is 4.10. The van der Waals surface area contributed by atoms with Gasteiger partial charge in [0.2, 0.25) is 5.88 Å². The lowest BCUT2D eigenvalue weighted by Crippen LogP contribution is -2.10. The fourth-order valence-corrected chi connectivity index (χ4v) is 1.52. The fraction of sp³-hybridized carbons (Fsp3) is 0.462. The molecule has 1 rings (SSSR count). The number of aliphatic hydroxyl groups excluding tert-OH is 1. The highest BCUT2D eigenvalue weighted by Crippen LogP contribution is 2.11. The molecule has 0 aliphatic carbocycles. The molecule has 0 fully saturated rings. The number of methoxy groups -OCH3 is 1. The summed E-state index contributed by atoms with van der Waals surface area (Å²) in [6.45, 7) is 3.66. The van der Waals surface area contributed by atoms with E-state index in [1.807, 2.05) is 18.2 Å². The van der Waals surface area contributed by atoms with Crippen LogP contribution in [0.3, 0.4) is 0 Å². The minimum absolute atomic E-state index is 0.296. The highest BCUT2D eigenvalue weighted by Gasteiger charge is 2.05. The molecular weight excluding hydrogens is 202 g/mol.